The number of carbonyl (C=O) groups excluding carboxylic acids is 1. The van der Waals surface area contributed by atoms with Gasteiger partial charge in [0.15, 0.2) is 11.5 Å². The van der Waals surface area contributed by atoms with E-state index in [1.54, 1.807) is 13.2 Å². The highest BCUT2D eigenvalue weighted by Gasteiger charge is 2.08. The molecule has 2 aromatic carbocycles. The smallest absolute Gasteiger partial charge is 0.234 e. The van der Waals surface area contributed by atoms with Gasteiger partial charge in [0.25, 0.3) is 0 Å². The molecule has 148 valence electrons. The summed E-state index contributed by atoms with van der Waals surface area (Å²) in [5, 5.41) is 11.2. The summed E-state index contributed by atoms with van der Waals surface area (Å²) in [6.45, 7) is 5.37. The van der Waals surface area contributed by atoms with Gasteiger partial charge in [-0.15, -0.1) is 0 Å². The lowest BCUT2D eigenvalue weighted by molar-refractivity contribution is -0.120. The average molecular weight is 382 g/mol. The highest BCUT2D eigenvalue weighted by Crippen LogP contribution is 2.28. The van der Waals surface area contributed by atoms with Gasteiger partial charge in [-0.05, 0) is 41.3 Å². The van der Waals surface area contributed by atoms with Gasteiger partial charge in [-0.2, -0.15) is 5.26 Å². The second-order valence-corrected chi connectivity index (χ2v) is 6.52. The molecule has 0 aliphatic heterocycles. The lowest BCUT2D eigenvalue weighted by Gasteiger charge is -2.13. The summed E-state index contributed by atoms with van der Waals surface area (Å²) < 4.78 is 16.8. The van der Waals surface area contributed by atoms with E-state index in [0.29, 0.717) is 37.2 Å². The summed E-state index contributed by atoms with van der Waals surface area (Å²) in [4.78, 5) is 11.4. The number of nitrogens with one attached hydrogen (secondary N) is 1. The zero-order valence-electron chi connectivity index (χ0n) is 16.5. The second-order valence-electron chi connectivity index (χ2n) is 6.52. The van der Waals surface area contributed by atoms with Crippen LogP contribution in [0.5, 0.6) is 17.2 Å². The molecule has 0 radical (unpaired) electrons. The first-order chi connectivity index (χ1) is 13.5. The van der Waals surface area contributed by atoms with E-state index < -0.39 is 0 Å². The number of ether oxygens (including phenoxy) is 3. The van der Waals surface area contributed by atoms with E-state index in [-0.39, 0.29) is 12.3 Å². The molecule has 0 fully saturated rings. The summed E-state index contributed by atoms with van der Waals surface area (Å²) in [5.74, 6) is 2.16. The third kappa shape index (κ3) is 6.51. The van der Waals surface area contributed by atoms with Crippen molar-refractivity contribution in [2.75, 3.05) is 20.3 Å². The standard InChI is InChI=1S/C22H26N2O4/c1-16(2)18-5-7-19(8-6-18)27-12-13-28-21-14-17(4-9-20(21)26-3)15-24-22(25)10-11-23/h4-9,14,16H,10,12-13,15H2,1-3H3,(H,24,25). The molecule has 2 rings (SSSR count). The number of hydrogen-bond acceptors (Lipinski definition) is 5. The summed E-state index contributed by atoms with van der Waals surface area (Å²) in [6.07, 6.45) is -0.158. The molecule has 0 aromatic heterocycles. The quantitative estimate of drug-likeness (QED) is 0.632. The first-order valence-electron chi connectivity index (χ1n) is 9.19. The summed E-state index contributed by atoms with van der Waals surface area (Å²) >= 11 is 0. The van der Waals surface area contributed by atoms with Crippen LogP contribution < -0.4 is 19.5 Å². The Morgan fingerprint density at radius 1 is 1.07 bits per heavy atom. The van der Waals surface area contributed by atoms with Crippen molar-refractivity contribution in [3.8, 4) is 23.3 Å². The zero-order valence-corrected chi connectivity index (χ0v) is 16.5. The first kappa shape index (κ1) is 21.1. The number of nitrogens with zero attached hydrogens (tertiary/aromatic N) is 1. The number of carbonyl (C=O) groups is 1. The van der Waals surface area contributed by atoms with Crippen LogP contribution in [0.15, 0.2) is 42.5 Å². The Kier molecular flexibility index (Phi) is 8.16. The van der Waals surface area contributed by atoms with Crippen LogP contribution in [0.4, 0.5) is 0 Å². The maximum absolute atomic E-state index is 11.4. The van der Waals surface area contributed by atoms with Gasteiger partial charge in [-0.1, -0.05) is 32.0 Å². The minimum absolute atomic E-state index is 0.158. The predicted octanol–water partition coefficient (Wildman–Crippen LogP) is 3.81. The van der Waals surface area contributed by atoms with E-state index >= 15 is 0 Å². The van der Waals surface area contributed by atoms with Gasteiger partial charge in [0.05, 0.1) is 13.2 Å². The predicted molar refractivity (Wildman–Crippen MR) is 107 cm³/mol. The summed E-state index contributed by atoms with van der Waals surface area (Å²) in [7, 11) is 1.57. The maximum atomic E-state index is 11.4. The van der Waals surface area contributed by atoms with E-state index in [1.165, 1.54) is 5.56 Å². The third-order valence-electron chi connectivity index (χ3n) is 4.11. The molecule has 0 aliphatic carbocycles. The Hall–Kier alpha value is -3.20. The molecular formula is C22H26N2O4. The Morgan fingerprint density at radius 3 is 2.43 bits per heavy atom. The van der Waals surface area contributed by atoms with Crippen molar-refractivity contribution >= 4 is 5.91 Å². The molecule has 0 saturated carbocycles. The Bertz CT molecular complexity index is 810. The lowest BCUT2D eigenvalue weighted by atomic mass is 10.0. The number of rotatable bonds is 10. The van der Waals surface area contributed by atoms with Crippen molar-refractivity contribution in [3.63, 3.8) is 0 Å². The molecule has 1 amide bonds. The second kappa shape index (κ2) is 10.8. The SMILES string of the molecule is COc1ccc(CNC(=O)CC#N)cc1OCCOc1ccc(C(C)C)cc1. The molecule has 0 saturated heterocycles. The number of hydrogen-bond donors (Lipinski definition) is 1. The molecule has 0 aliphatic rings. The third-order valence-corrected chi connectivity index (χ3v) is 4.11. The van der Waals surface area contributed by atoms with Crippen LogP contribution in [0.25, 0.3) is 0 Å². The number of methoxy groups -OCH3 is 1. The minimum atomic E-state index is -0.308. The van der Waals surface area contributed by atoms with Gasteiger partial charge in [0.1, 0.15) is 25.4 Å². The largest absolute Gasteiger partial charge is 0.493 e. The summed E-state index contributed by atoms with van der Waals surface area (Å²) in [6, 6.07) is 15.3. The van der Waals surface area contributed by atoms with Crippen LogP contribution in [-0.4, -0.2) is 26.2 Å². The van der Waals surface area contributed by atoms with E-state index in [9.17, 15) is 4.79 Å². The van der Waals surface area contributed by atoms with Crippen LogP contribution in [0, 0.1) is 11.3 Å². The molecular weight excluding hydrogens is 356 g/mol. The van der Waals surface area contributed by atoms with E-state index in [2.05, 4.69) is 31.3 Å². The van der Waals surface area contributed by atoms with Gasteiger partial charge in [0.2, 0.25) is 5.91 Å². The number of nitriles is 1. The molecule has 0 atom stereocenters. The first-order valence-corrected chi connectivity index (χ1v) is 9.19. The average Bonchev–Trinajstić information content (AvgIpc) is 2.70. The van der Waals surface area contributed by atoms with Crippen LogP contribution in [-0.2, 0) is 11.3 Å². The molecule has 0 heterocycles. The van der Waals surface area contributed by atoms with Crippen molar-refractivity contribution in [2.45, 2.75) is 32.7 Å². The van der Waals surface area contributed by atoms with Crippen molar-refractivity contribution in [2.24, 2.45) is 0 Å². The Labute approximate surface area is 166 Å². The Morgan fingerprint density at radius 2 is 1.79 bits per heavy atom. The van der Waals surface area contributed by atoms with Crippen LogP contribution in [0.3, 0.4) is 0 Å². The van der Waals surface area contributed by atoms with E-state index in [1.807, 2.05) is 30.3 Å². The van der Waals surface area contributed by atoms with Gasteiger partial charge in [0, 0.05) is 6.54 Å². The molecule has 0 spiro atoms. The minimum Gasteiger partial charge on any atom is -0.493 e. The maximum Gasteiger partial charge on any atom is 0.234 e. The molecule has 6 heteroatoms. The van der Waals surface area contributed by atoms with Crippen molar-refractivity contribution in [3.05, 3.63) is 53.6 Å². The molecule has 2 aromatic rings. The number of benzene rings is 2. The molecule has 28 heavy (non-hydrogen) atoms. The van der Waals surface area contributed by atoms with E-state index in [4.69, 9.17) is 19.5 Å². The van der Waals surface area contributed by atoms with Gasteiger partial charge < -0.3 is 19.5 Å². The number of amides is 1. The highest BCUT2D eigenvalue weighted by atomic mass is 16.5. The van der Waals surface area contributed by atoms with Crippen LogP contribution in [0.2, 0.25) is 0 Å². The summed E-state index contributed by atoms with van der Waals surface area (Å²) in [5.41, 5.74) is 2.12. The fraction of sp³-hybridized carbons (Fsp3) is 0.364. The van der Waals surface area contributed by atoms with Gasteiger partial charge >= 0.3 is 0 Å². The van der Waals surface area contributed by atoms with Crippen molar-refractivity contribution in [1.29, 1.82) is 5.26 Å². The van der Waals surface area contributed by atoms with Crippen LogP contribution >= 0.6 is 0 Å². The van der Waals surface area contributed by atoms with Crippen molar-refractivity contribution in [1.82, 2.24) is 5.32 Å². The fourth-order valence-corrected chi connectivity index (χ4v) is 2.54. The van der Waals surface area contributed by atoms with Gasteiger partial charge in [-0.3, -0.25) is 4.79 Å². The molecule has 0 unspecified atom stereocenters. The monoisotopic (exact) mass is 382 g/mol. The van der Waals surface area contributed by atoms with Gasteiger partial charge in [-0.25, -0.2) is 0 Å². The molecule has 0 bridgehead atoms. The fourth-order valence-electron chi connectivity index (χ4n) is 2.54. The normalized spacial score (nSPS) is 10.2. The molecule has 6 nitrogen and oxygen atoms in total. The van der Waals surface area contributed by atoms with E-state index in [0.717, 1.165) is 11.3 Å². The topological polar surface area (TPSA) is 80.6 Å². The Balaban J connectivity index is 1.87. The van der Waals surface area contributed by atoms with Crippen LogP contribution in [0.1, 0.15) is 37.3 Å². The lowest BCUT2D eigenvalue weighted by Crippen LogP contribution is -2.21. The zero-order chi connectivity index (χ0) is 20.4. The molecule has 1 N–H and O–H groups in total. The highest BCUT2D eigenvalue weighted by molar-refractivity contribution is 5.77. The van der Waals surface area contributed by atoms with Crippen molar-refractivity contribution < 1.29 is 19.0 Å².